The fraction of sp³-hybridized carbons (Fsp3) is 0.594. The van der Waals surface area contributed by atoms with E-state index in [1.807, 2.05) is 35.2 Å². The average Bonchev–Trinajstić information content (AvgIpc) is 3.56. The van der Waals surface area contributed by atoms with Crippen molar-refractivity contribution in [1.29, 1.82) is 0 Å². The third-order valence-corrected chi connectivity index (χ3v) is 12.1. The summed E-state index contributed by atoms with van der Waals surface area (Å²) in [6.07, 6.45) is 8.05. The van der Waals surface area contributed by atoms with Crippen molar-refractivity contribution in [3.8, 4) is 0 Å². The van der Waals surface area contributed by atoms with Crippen molar-refractivity contribution in [3.63, 3.8) is 0 Å². The van der Waals surface area contributed by atoms with Crippen molar-refractivity contribution in [1.82, 2.24) is 9.80 Å². The largest absolute Gasteiger partial charge is 0.396 e. The van der Waals surface area contributed by atoms with E-state index in [4.69, 9.17) is 0 Å². The summed E-state index contributed by atoms with van der Waals surface area (Å²) in [6.45, 7) is 13.3. The van der Waals surface area contributed by atoms with Gasteiger partial charge in [-0.3, -0.25) is 14.4 Å². The number of benzene rings is 1. The minimum Gasteiger partial charge on any atom is -0.396 e. The Morgan fingerprint density at radius 3 is 2.51 bits per heavy atom. The summed E-state index contributed by atoms with van der Waals surface area (Å²) >= 11 is 5.56. The second-order valence-electron chi connectivity index (χ2n) is 11.5. The summed E-state index contributed by atoms with van der Waals surface area (Å²) < 4.78 is -0.688. The van der Waals surface area contributed by atoms with Crippen molar-refractivity contribution < 1.29 is 19.5 Å². The van der Waals surface area contributed by atoms with Gasteiger partial charge >= 0.3 is 0 Å². The van der Waals surface area contributed by atoms with E-state index in [0.29, 0.717) is 38.9 Å². The zero-order valence-corrected chi connectivity index (χ0v) is 26.7. The van der Waals surface area contributed by atoms with Crippen LogP contribution in [0.3, 0.4) is 0 Å². The Morgan fingerprint density at radius 2 is 1.88 bits per heavy atom. The third-order valence-electron chi connectivity index (χ3n) is 8.86. The minimum atomic E-state index is -0.688. The highest BCUT2D eigenvalue weighted by Gasteiger charge is 2.76. The Kier molecular flexibility index (Phi) is 10.8. The molecule has 3 heterocycles. The number of aliphatic hydroxyl groups excluding tert-OH is 1. The molecule has 4 rings (SSSR count). The molecule has 1 spiro atoms. The van der Waals surface area contributed by atoms with Gasteiger partial charge in [-0.05, 0) is 51.2 Å². The van der Waals surface area contributed by atoms with Crippen molar-refractivity contribution in [3.05, 3.63) is 55.6 Å². The topological polar surface area (TPSA) is 81.2 Å². The fourth-order valence-corrected chi connectivity index (χ4v) is 10.7. The van der Waals surface area contributed by atoms with Crippen LogP contribution in [0.25, 0.3) is 0 Å². The molecule has 0 radical (unpaired) electrons. The van der Waals surface area contributed by atoms with Gasteiger partial charge in [0, 0.05) is 48.0 Å². The molecular formula is C32H44BrN3O4S. The molecule has 7 nitrogen and oxygen atoms in total. The molecule has 41 heavy (non-hydrogen) atoms. The van der Waals surface area contributed by atoms with Crippen LogP contribution in [0.15, 0.2) is 55.6 Å². The number of rotatable bonds is 15. The monoisotopic (exact) mass is 645 g/mol. The van der Waals surface area contributed by atoms with Crippen LogP contribution in [0, 0.1) is 11.8 Å². The number of thioether (sulfide) groups is 1. The summed E-state index contributed by atoms with van der Waals surface area (Å²) in [5, 5.41) is 9.21. The Labute approximate surface area is 257 Å². The maximum atomic E-state index is 14.6. The number of hydrogen-bond donors (Lipinski definition) is 1. The van der Waals surface area contributed by atoms with Gasteiger partial charge in [0.1, 0.15) is 6.04 Å². The van der Waals surface area contributed by atoms with Crippen molar-refractivity contribution in [2.75, 3.05) is 31.1 Å². The van der Waals surface area contributed by atoms with Crippen LogP contribution >= 0.6 is 27.7 Å². The van der Waals surface area contributed by atoms with Gasteiger partial charge in [-0.2, -0.15) is 0 Å². The second kappa shape index (κ2) is 13.9. The lowest BCUT2D eigenvalue weighted by Gasteiger charge is -2.40. The van der Waals surface area contributed by atoms with Gasteiger partial charge in [0.2, 0.25) is 17.7 Å². The van der Waals surface area contributed by atoms with Crippen LogP contribution in [0.2, 0.25) is 0 Å². The lowest BCUT2D eigenvalue weighted by Crippen LogP contribution is -2.57. The molecule has 3 amide bonds. The summed E-state index contributed by atoms with van der Waals surface area (Å²) in [7, 11) is 0. The van der Waals surface area contributed by atoms with E-state index in [1.165, 1.54) is 0 Å². The quantitative estimate of drug-likeness (QED) is 0.164. The highest BCUT2D eigenvalue weighted by Crippen LogP contribution is 2.68. The van der Waals surface area contributed by atoms with E-state index < -0.39 is 22.6 Å². The molecule has 0 aliphatic carbocycles. The zero-order chi connectivity index (χ0) is 29.7. The molecule has 4 unspecified atom stereocenters. The molecule has 0 saturated carbocycles. The summed E-state index contributed by atoms with van der Waals surface area (Å²) in [6, 6.07) is 8.89. The number of hydrogen-bond acceptors (Lipinski definition) is 5. The molecule has 3 saturated heterocycles. The number of alkyl halides is 1. The lowest BCUT2D eigenvalue weighted by molar-refractivity contribution is -0.143. The van der Waals surface area contributed by atoms with E-state index in [2.05, 4.69) is 42.9 Å². The maximum Gasteiger partial charge on any atom is 0.247 e. The smallest absolute Gasteiger partial charge is 0.247 e. The Hall–Kier alpha value is -2.10. The van der Waals surface area contributed by atoms with Crippen molar-refractivity contribution >= 4 is 51.1 Å². The molecular weight excluding hydrogens is 602 g/mol. The number of likely N-dealkylation sites (tertiary alicyclic amines) is 1. The van der Waals surface area contributed by atoms with Crippen LogP contribution in [0.1, 0.15) is 52.4 Å². The first kappa shape index (κ1) is 31.8. The van der Waals surface area contributed by atoms with Crippen LogP contribution in [-0.2, 0) is 14.4 Å². The van der Waals surface area contributed by atoms with E-state index in [9.17, 15) is 19.5 Å². The molecule has 7 atom stereocenters. The summed E-state index contributed by atoms with van der Waals surface area (Å²) in [4.78, 5) is 48.8. The molecule has 2 bridgehead atoms. The molecule has 1 aromatic carbocycles. The first-order valence-corrected chi connectivity index (χ1v) is 16.7. The fourth-order valence-electron chi connectivity index (χ4n) is 7.10. The van der Waals surface area contributed by atoms with Gasteiger partial charge in [0.15, 0.2) is 0 Å². The number of unbranched alkanes of at least 4 members (excludes halogenated alkanes) is 2. The third kappa shape index (κ3) is 5.91. The van der Waals surface area contributed by atoms with Crippen LogP contribution in [0.5, 0.6) is 0 Å². The normalized spacial score (nSPS) is 28.8. The number of halogens is 1. The predicted molar refractivity (Wildman–Crippen MR) is 170 cm³/mol. The lowest BCUT2D eigenvalue weighted by atomic mass is 9.70. The van der Waals surface area contributed by atoms with Gasteiger partial charge in [0.25, 0.3) is 0 Å². The van der Waals surface area contributed by atoms with Gasteiger partial charge < -0.3 is 19.8 Å². The molecule has 1 N–H and O–H groups in total. The van der Waals surface area contributed by atoms with Crippen LogP contribution < -0.4 is 4.90 Å². The average molecular weight is 647 g/mol. The number of para-hydroxylation sites is 1. The zero-order valence-electron chi connectivity index (χ0n) is 24.3. The summed E-state index contributed by atoms with van der Waals surface area (Å²) in [5.74, 6) is -1.35. The molecule has 3 aliphatic heterocycles. The number of nitrogens with zero attached hydrogens (tertiary/aromatic N) is 3. The van der Waals surface area contributed by atoms with Gasteiger partial charge in [-0.1, -0.05) is 59.6 Å². The molecule has 1 aromatic rings. The molecule has 3 fully saturated rings. The van der Waals surface area contributed by atoms with Crippen LogP contribution in [0.4, 0.5) is 5.69 Å². The SMILES string of the molecule is C=CCN(C(=O)[C@H]1[C@@H]2SC3(CC2Br)C(C(=O)N(CC=C)C(C)CCC)N(CCCCCO)C(=O)[C@H]13)c1ccccc1. The molecule has 224 valence electrons. The van der Waals surface area contributed by atoms with E-state index in [-0.39, 0.29) is 40.4 Å². The molecule has 9 heteroatoms. The maximum absolute atomic E-state index is 14.6. The second-order valence-corrected chi connectivity index (χ2v) is 14.2. The Morgan fingerprint density at radius 1 is 1.17 bits per heavy atom. The van der Waals surface area contributed by atoms with E-state index in [1.54, 1.807) is 33.7 Å². The Balaban J connectivity index is 1.76. The number of fused-ring (bicyclic) bond motifs is 1. The first-order chi connectivity index (χ1) is 19.8. The minimum absolute atomic E-state index is 0.00857. The molecule has 3 aliphatic rings. The highest BCUT2D eigenvalue weighted by atomic mass is 79.9. The van der Waals surface area contributed by atoms with Gasteiger partial charge in [0.05, 0.1) is 16.6 Å². The number of anilines is 1. The number of carbonyl (C=O) groups is 3. The number of amides is 3. The standard InChI is InChI=1S/C32H44BrN3O4S/c1-5-14-22(4)34(17-6-2)31(40)28-32-21-24(33)27(41-32)25(26(32)30(39)36(28)19-12-9-13-20-37)29(38)35(18-7-3)23-15-10-8-11-16-23/h6-8,10-11,15-16,22,24-28,37H,2-3,5,9,12-14,17-21H2,1,4H3/t22?,24?,25-,26+,27-,28?,32?/m1/s1. The molecule has 0 aromatic heterocycles. The van der Waals surface area contributed by atoms with Crippen molar-refractivity contribution in [2.45, 2.75) is 79.3 Å². The van der Waals surface area contributed by atoms with Crippen molar-refractivity contribution in [2.24, 2.45) is 11.8 Å². The van der Waals surface area contributed by atoms with Gasteiger partial charge in [-0.15, -0.1) is 24.9 Å². The number of aliphatic hydroxyl groups is 1. The van der Waals surface area contributed by atoms with Gasteiger partial charge in [-0.25, -0.2) is 0 Å². The Bertz CT molecular complexity index is 1120. The first-order valence-electron chi connectivity index (χ1n) is 14.9. The van der Waals surface area contributed by atoms with E-state index >= 15 is 0 Å². The predicted octanol–water partition coefficient (Wildman–Crippen LogP) is 5.04. The van der Waals surface area contributed by atoms with E-state index in [0.717, 1.165) is 24.9 Å². The summed E-state index contributed by atoms with van der Waals surface area (Å²) in [5.41, 5.74) is 0.773. The van der Waals surface area contributed by atoms with Crippen LogP contribution in [-0.4, -0.2) is 85.8 Å². The number of carbonyl (C=O) groups excluding carboxylic acids is 3. The highest BCUT2D eigenvalue weighted by molar-refractivity contribution is 9.09.